The molecule has 0 aromatic heterocycles. The summed E-state index contributed by atoms with van der Waals surface area (Å²) >= 11 is 0. The molecule has 3 N–H and O–H groups in total. The Labute approximate surface area is 115 Å². The van der Waals surface area contributed by atoms with Gasteiger partial charge in [-0.2, -0.15) is 0 Å². The largest absolute Gasteiger partial charge is 0.397 e. The van der Waals surface area contributed by atoms with Gasteiger partial charge in [0.05, 0.1) is 11.4 Å². The van der Waals surface area contributed by atoms with Gasteiger partial charge in [-0.15, -0.1) is 0 Å². The number of hydrogen-bond acceptors (Lipinski definition) is 4. The Morgan fingerprint density at radius 1 is 1.26 bits per heavy atom. The van der Waals surface area contributed by atoms with Gasteiger partial charge in [-0.3, -0.25) is 4.79 Å². The van der Waals surface area contributed by atoms with Crippen LogP contribution >= 0.6 is 0 Å². The van der Waals surface area contributed by atoms with Crippen molar-refractivity contribution in [3.8, 4) is 0 Å². The summed E-state index contributed by atoms with van der Waals surface area (Å²) in [7, 11) is 6.04. The van der Waals surface area contributed by atoms with Gasteiger partial charge in [0.2, 0.25) is 0 Å². The van der Waals surface area contributed by atoms with Crippen LogP contribution < -0.4 is 16.0 Å². The van der Waals surface area contributed by atoms with E-state index in [9.17, 15) is 4.79 Å². The second-order valence-electron chi connectivity index (χ2n) is 4.86. The number of nitrogen functional groups attached to an aromatic ring is 1. The van der Waals surface area contributed by atoms with Crippen LogP contribution in [-0.2, 0) is 0 Å². The summed E-state index contributed by atoms with van der Waals surface area (Å²) in [5.74, 6) is -0.0650. The van der Waals surface area contributed by atoms with Crippen LogP contribution in [0, 0.1) is 0 Å². The molecule has 0 bridgehead atoms. The van der Waals surface area contributed by atoms with Crippen molar-refractivity contribution in [1.29, 1.82) is 0 Å². The number of carbonyl (C=O) groups excluding carboxylic acids is 1. The molecule has 0 aliphatic rings. The molecule has 19 heavy (non-hydrogen) atoms. The van der Waals surface area contributed by atoms with Gasteiger partial charge < -0.3 is 20.9 Å². The van der Waals surface area contributed by atoms with E-state index in [4.69, 9.17) is 5.73 Å². The molecule has 106 valence electrons. The van der Waals surface area contributed by atoms with Crippen LogP contribution in [-0.4, -0.2) is 51.6 Å². The molecule has 0 atom stereocenters. The van der Waals surface area contributed by atoms with Crippen molar-refractivity contribution in [1.82, 2.24) is 10.2 Å². The molecule has 1 rings (SSSR count). The summed E-state index contributed by atoms with van der Waals surface area (Å²) in [6.07, 6.45) is 0. The summed E-state index contributed by atoms with van der Waals surface area (Å²) in [4.78, 5) is 16.0. The van der Waals surface area contributed by atoms with Crippen LogP contribution in [0.25, 0.3) is 0 Å². The Hall–Kier alpha value is -1.75. The molecule has 0 spiro atoms. The molecule has 1 aromatic carbocycles. The summed E-state index contributed by atoms with van der Waals surface area (Å²) in [5, 5.41) is 2.79. The molecule has 5 heteroatoms. The number of anilines is 2. The van der Waals surface area contributed by atoms with Crippen molar-refractivity contribution >= 4 is 17.3 Å². The number of nitrogens with zero attached hydrogens (tertiary/aromatic N) is 2. The van der Waals surface area contributed by atoms with Crippen LogP contribution in [0.1, 0.15) is 17.3 Å². The first-order valence-corrected chi connectivity index (χ1v) is 6.49. The Kier molecular flexibility index (Phi) is 5.63. The summed E-state index contributed by atoms with van der Waals surface area (Å²) < 4.78 is 0. The monoisotopic (exact) mass is 264 g/mol. The smallest absolute Gasteiger partial charge is 0.251 e. The Morgan fingerprint density at radius 2 is 1.95 bits per heavy atom. The lowest BCUT2D eigenvalue weighted by Crippen LogP contribution is -2.29. The molecular weight excluding hydrogens is 240 g/mol. The molecule has 0 unspecified atom stereocenters. The highest BCUT2D eigenvalue weighted by atomic mass is 16.1. The SMILES string of the molecule is CCNC(=O)c1ccc(N)c(N(C)CCN(C)C)c1. The van der Waals surface area contributed by atoms with Crippen molar-refractivity contribution in [2.75, 3.05) is 51.4 Å². The predicted molar refractivity (Wildman–Crippen MR) is 80.7 cm³/mol. The summed E-state index contributed by atoms with van der Waals surface area (Å²) in [6.45, 7) is 4.31. The van der Waals surface area contributed by atoms with Crippen molar-refractivity contribution < 1.29 is 4.79 Å². The first-order chi connectivity index (χ1) is 8.95. The molecule has 0 heterocycles. The first kappa shape index (κ1) is 15.3. The number of rotatable bonds is 6. The minimum absolute atomic E-state index is 0.0650. The molecule has 0 aliphatic carbocycles. The van der Waals surface area contributed by atoms with E-state index < -0.39 is 0 Å². The molecule has 1 amide bonds. The van der Waals surface area contributed by atoms with E-state index in [2.05, 4.69) is 15.1 Å². The molecule has 0 fully saturated rings. The highest BCUT2D eigenvalue weighted by Gasteiger charge is 2.10. The predicted octanol–water partition coefficient (Wildman–Crippen LogP) is 1.02. The van der Waals surface area contributed by atoms with Crippen LogP contribution in [0.3, 0.4) is 0 Å². The molecular formula is C14H24N4O. The van der Waals surface area contributed by atoms with Gasteiger partial charge in [0.15, 0.2) is 0 Å². The van der Waals surface area contributed by atoms with Crippen LogP contribution in [0.15, 0.2) is 18.2 Å². The summed E-state index contributed by atoms with van der Waals surface area (Å²) in [6, 6.07) is 5.38. The van der Waals surface area contributed by atoms with E-state index in [1.165, 1.54) is 0 Å². The lowest BCUT2D eigenvalue weighted by molar-refractivity contribution is 0.0956. The number of likely N-dealkylation sites (N-methyl/N-ethyl adjacent to an activating group) is 2. The van der Waals surface area contributed by atoms with E-state index in [1.807, 2.05) is 34.1 Å². The number of amides is 1. The average molecular weight is 264 g/mol. The molecule has 0 saturated carbocycles. The van der Waals surface area contributed by atoms with Crippen molar-refractivity contribution in [2.45, 2.75) is 6.92 Å². The fraction of sp³-hybridized carbons (Fsp3) is 0.500. The lowest BCUT2D eigenvalue weighted by Gasteiger charge is -2.23. The maximum absolute atomic E-state index is 11.8. The second kappa shape index (κ2) is 6.99. The number of benzene rings is 1. The van der Waals surface area contributed by atoms with Crippen LogP contribution in [0.5, 0.6) is 0 Å². The number of nitrogens with two attached hydrogens (primary N) is 1. The maximum Gasteiger partial charge on any atom is 0.251 e. The first-order valence-electron chi connectivity index (χ1n) is 6.49. The highest BCUT2D eigenvalue weighted by molar-refractivity contribution is 5.96. The molecule has 0 saturated heterocycles. The van der Waals surface area contributed by atoms with E-state index in [0.29, 0.717) is 17.8 Å². The minimum atomic E-state index is -0.0650. The lowest BCUT2D eigenvalue weighted by atomic mass is 10.1. The van der Waals surface area contributed by atoms with Gasteiger partial charge >= 0.3 is 0 Å². The van der Waals surface area contributed by atoms with Gasteiger partial charge in [-0.25, -0.2) is 0 Å². The maximum atomic E-state index is 11.8. The van der Waals surface area contributed by atoms with E-state index >= 15 is 0 Å². The third-order valence-corrected chi connectivity index (χ3v) is 2.92. The van der Waals surface area contributed by atoms with Crippen LogP contribution in [0.4, 0.5) is 11.4 Å². The van der Waals surface area contributed by atoms with Crippen molar-refractivity contribution in [3.05, 3.63) is 23.8 Å². The number of carbonyl (C=O) groups is 1. The van der Waals surface area contributed by atoms with Crippen LogP contribution in [0.2, 0.25) is 0 Å². The third kappa shape index (κ3) is 4.44. The van der Waals surface area contributed by atoms with Crippen molar-refractivity contribution in [3.63, 3.8) is 0 Å². The zero-order valence-corrected chi connectivity index (χ0v) is 12.2. The van der Waals surface area contributed by atoms with Gasteiger partial charge in [0.1, 0.15) is 0 Å². The fourth-order valence-electron chi connectivity index (χ4n) is 1.75. The van der Waals surface area contributed by atoms with Gasteiger partial charge in [-0.05, 0) is 39.2 Å². The normalized spacial score (nSPS) is 10.6. The molecule has 5 nitrogen and oxygen atoms in total. The quantitative estimate of drug-likeness (QED) is 0.753. The van der Waals surface area contributed by atoms with Gasteiger partial charge in [0.25, 0.3) is 5.91 Å². The average Bonchev–Trinajstić information content (AvgIpc) is 2.36. The van der Waals surface area contributed by atoms with Gasteiger partial charge in [-0.1, -0.05) is 0 Å². The Balaban J connectivity index is 2.87. The topological polar surface area (TPSA) is 61.6 Å². The highest BCUT2D eigenvalue weighted by Crippen LogP contribution is 2.23. The number of nitrogens with one attached hydrogen (secondary N) is 1. The van der Waals surface area contributed by atoms with E-state index in [-0.39, 0.29) is 5.91 Å². The zero-order valence-electron chi connectivity index (χ0n) is 12.2. The second-order valence-corrected chi connectivity index (χ2v) is 4.86. The third-order valence-electron chi connectivity index (χ3n) is 2.92. The Bertz CT molecular complexity index is 431. The minimum Gasteiger partial charge on any atom is -0.397 e. The van der Waals surface area contributed by atoms with E-state index in [1.54, 1.807) is 12.1 Å². The Morgan fingerprint density at radius 3 is 2.53 bits per heavy atom. The molecule has 0 radical (unpaired) electrons. The molecule has 0 aliphatic heterocycles. The fourth-order valence-corrected chi connectivity index (χ4v) is 1.75. The van der Waals surface area contributed by atoms with E-state index in [0.717, 1.165) is 18.8 Å². The summed E-state index contributed by atoms with van der Waals surface area (Å²) in [5.41, 5.74) is 8.21. The standard InChI is InChI=1S/C14H24N4O/c1-5-16-14(19)11-6-7-12(15)13(10-11)18(4)9-8-17(2)3/h6-7,10H,5,8-9,15H2,1-4H3,(H,16,19). The number of hydrogen-bond donors (Lipinski definition) is 2. The zero-order chi connectivity index (χ0) is 14.4. The molecule has 1 aromatic rings. The van der Waals surface area contributed by atoms with Crippen molar-refractivity contribution in [2.24, 2.45) is 0 Å². The van der Waals surface area contributed by atoms with Gasteiger partial charge in [0, 0.05) is 32.2 Å².